The Morgan fingerprint density at radius 3 is 2.54 bits per heavy atom. The summed E-state index contributed by atoms with van der Waals surface area (Å²) in [4.78, 5) is 2.34. The minimum absolute atomic E-state index is 0.0983. The Hall–Kier alpha value is -0.840. The maximum absolute atomic E-state index is 6.16. The van der Waals surface area contributed by atoms with Crippen LogP contribution in [0.3, 0.4) is 0 Å². The Morgan fingerprint density at radius 1 is 1.21 bits per heavy atom. The average Bonchev–Trinajstić information content (AvgIpc) is 3.11. The van der Waals surface area contributed by atoms with Crippen molar-refractivity contribution in [3.8, 4) is 0 Å². The molecule has 4 heteroatoms. The molecule has 0 radical (unpaired) electrons. The average molecular weight is 335 g/mol. The zero-order valence-electron chi connectivity index (χ0n) is 16.0. The summed E-state index contributed by atoms with van der Waals surface area (Å²) < 4.78 is 18.2. The maximum Gasteiger partial charge on any atom is 0.171 e. The molecule has 1 heterocycles. The molecule has 0 aromatic heterocycles. The van der Waals surface area contributed by atoms with E-state index in [0.29, 0.717) is 12.5 Å². The topological polar surface area (TPSA) is 30.9 Å². The van der Waals surface area contributed by atoms with Crippen LogP contribution in [0.2, 0.25) is 0 Å². The molecule has 0 N–H and O–H groups in total. The summed E-state index contributed by atoms with van der Waals surface area (Å²) in [6, 6.07) is 0. The molecular formula is C20H33NO3. The van der Waals surface area contributed by atoms with Crippen LogP contribution in [0, 0.1) is 5.92 Å². The molecule has 3 rings (SSSR count). The van der Waals surface area contributed by atoms with Crippen molar-refractivity contribution in [2.75, 3.05) is 33.9 Å². The highest BCUT2D eigenvalue weighted by molar-refractivity contribution is 5.47. The Bertz CT molecular complexity index is 531. The summed E-state index contributed by atoms with van der Waals surface area (Å²) in [6.07, 6.45) is 8.05. The van der Waals surface area contributed by atoms with Gasteiger partial charge in [-0.1, -0.05) is 6.42 Å². The number of hydrogen-bond donors (Lipinski definition) is 0. The van der Waals surface area contributed by atoms with Crippen molar-refractivity contribution in [3.63, 3.8) is 0 Å². The van der Waals surface area contributed by atoms with E-state index in [0.717, 1.165) is 31.8 Å². The molecule has 4 nitrogen and oxygen atoms in total. The number of hydrogen-bond acceptors (Lipinski definition) is 4. The van der Waals surface area contributed by atoms with Crippen LogP contribution in [0.1, 0.15) is 52.9 Å². The van der Waals surface area contributed by atoms with Gasteiger partial charge in [-0.15, -0.1) is 0 Å². The van der Waals surface area contributed by atoms with Crippen molar-refractivity contribution < 1.29 is 14.2 Å². The molecule has 1 spiro atoms. The van der Waals surface area contributed by atoms with E-state index in [1.807, 2.05) is 0 Å². The third-order valence-electron chi connectivity index (χ3n) is 6.33. The van der Waals surface area contributed by atoms with Crippen LogP contribution >= 0.6 is 0 Å². The van der Waals surface area contributed by atoms with Gasteiger partial charge in [-0.05, 0) is 71.4 Å². The Kier molecular flexibility index (Phi) is 5.10. The Labute approximate surface area is 146 Å². The summed E-state index contributed by atoms with van der Waals surface area (Å²) >= 11 is 0. The summed E-state index contributed by atoms with van der Waals surface area (Å²) in [6.45, 7) is 8.67. The zero-order valence-corrected chi connectivity index (χ0v) is 16.0. The summed E-state index contributed by atoms with van der Waals surface area (Å²) in [5, 5.41) is 0. The van der Waals surface area contributed by atoms with Crippen LogP contribution in [-0.2, 0) is 14.2 Å². The van der Waals surface area contributed by atoms with E-state index in [1.54, 1.807) is 0 Å². The van der Waals surface area contributed by atoms with Gasteiger partial charge in [0.05, 0.1) is 25.4 Å². The number of ether oxygens (including phenoxy) is 3. The van der Waals surface area contributed by atoms with Crippen molar-refractivity contribution in [3.05, 3.63) is 23.0 Å². The molecule has 2 unspecified atom stereocenters. The minimum atomic E-state index is -0.350. The molecule has 1 aliphatic heterocycles. The number of allylic oxidation sites excluding steroid dienone is 1. The summed E-state index contributed by atoms with van der Waals surface area (Å²) in [5.74, 6) is 1.12. The molecule has 3 aliphatic rings. The highest BCUT2D eigenvalue weighted by atomic mass is 16.7. The molecule has 24 heavy (non-hydrogen) atoms. The first-order valence-electron chi connectivity index (χ1n) is 9.44. The molecule has 0 bridgehead atoms. The third-order valence-corrected chi connectivity index (χ3v) is 6.33. The molecule has 2 fully saturated rings. The minimum Gasteiger partial charge on any atom is -0.494 e. The first-order valence-corrected chi connectivity index (χ1v) is 9.44. The molecular weight excluding hydrogens is 302 g/mol. The first kappa shape index (κ1) is 18.0. The largest absolute Gasteiger partial charge is 0.494 e. The normalized spacial score (nSPS) is 32.8. The molecule has 0 amide bonds. The number of likely N-dealkylation sites (N-methyl/N-ethyl adjacent to an activating group) is 1. The molecule has 0 aromatic carbocycles. The number of nitrogens with zero attached hydrogens (tertiary/aromatic N) is 1. The van der Waals surface area contributed by atoms with Crippen molar-refractivity contribution in [2.24, 2.45) is 5.92 Å². The van der Waals surface area contributed by atoms with Gasteiger partial charge in [-0.2, -0.15) is 0 Å². The van der Waals surface area contributed by atoms with E-state index in [9.17, 15) is 0 Å². The second-order valence-electron chi connectivity index (χ2n) is 7.67. The van der Waals surface area contributed by atoms with Gasteiger partial charge >= 0.3 is 0 Å². The second-order valence-corrected chi connectivity index (χ2v) is 7.67. The lowest BCUT2D eigenvalue weighted by atomic mass is 9.73. The number of rotatable bonds is 5. The molecule has 1 saturated heterocycles. The molecule has 2 aliphatic carbocycles. The van der Waals surface area contributed by atoms with Gasteiger partial charge in [0.25, 0.3) is 0 Å². The SMILES string of the molecule is CCOC1=CC(CC2CCCCC23OCCO3)(N(C)C)C(C)=C1C. The predicted molar refractivity (Wildman–Crippen MR) is 95.7 cm³/mol. The van der Waals surface area contributed by atoms with Crippen LogP contribution in [0.25, 0.3) is 0 Å². The van der Waals surface area contributed by atoms with Crippen molar-refractivity contribution in [1.82, 2.24) is 4.90 Å². The van der Waals surface area contributed by atoms with E-state index in [-0.39, 0.29) is 11.3 Å². The molecule has 2 atom stereocenters. The summed E-state index contributed by atoms with van der Waals surface area (Å²) in [7, 11) is 4.35. The van der Waals surface area contributed by atoms with Crippen molar-refractivity contribution in [1.29, 1.82) is 0 Å². The highest BCUT2D eigenvalue weighted by Crippen LogP contribution is 2.49. The van der Waals surface area contributed by atoms with Gasteiger partial charge in [-0.3, -0.25) is 4.90 Å². The van der Waals surface area contributed by atoms with Crippen LogP contribution in [0.5, 0.6) is 0 Å². The Balaban J connectivity index is 1.92. The van der Waals surface area contributed by atoms with Gasteiger partial charge in [0.15, 0.2) is 5.79 Å². The van der Waals surface area contributed by atoms with Crippen LogP contribution in [0.4, 0.5) is 0 Å². The lowest BCUT2D eigenvalue weighted by Crippen LogP contribution is -2.50. The van der Waals surface area contributed by atoms with Crippen LogP contribution in [0.15, 0.2) is 23.0 Å². The maximum atomic E-state index is 6.16. The fourth-order valence-corrected chi connectivity index (χ4v) is 4.78. The first-order chi connectivity index (χ1) is 11.4. The van der Waals surface area contributed by atoms with Crippen LogP contribution < -0.4 is 0 Å². The third kappa shape index (κ3) is 2.83. The highest BCUT2D eigenvalue weighted by Gasteiger charge is 2.51. The standard InChI is InChI=1S/C20H33NO3/c1-6-22-18-14-19(21(4)5,16(3)15(18)2)13-17-9-7-8-10-20(17)23-11-12-24-20/h14,17H,6-13H2,1-5H3. The second kappa shape index (κ2) is 6.81. The van der Waals surface area contributed by atoms with Gasteiger partial charge in [0, 0.05) is 12.3 Å². The predicted octanol–water partition coefficient (Wildman–Crippen LogP) is 3.88. The van der Waals surface area contributed by atoms with E-state index in [2.05, 4.69) is 45.8 Å². The van der Waals surface area contributed by atoms with E-state index in [4.69, 9.17) is 14.2 Å². The van der Waals surface area contributed by atoms with E-state index in [1.165, 1.54) is 30.4 Å². The monoisotopic (exact) mass is 335 g/mol. The van der Waals surface area contributed by atoms with Crippen LogP contribution in [-0.4, -0.2) is 50.1 Å². The van der Waals surface area contributed by atoms with E-state index < -0.39 is 0 Å². The zero-order chi connectivity index (χ0) is 17.4. The lowest BCUT2D eigenvalue weighted by Gasteiger charge is -2.46. The molecule has 0 aromatic rings. The lowest BCUT2D eigenvalue weighted by molar-refractivity contribution is -0.217. The van der Waals surface area contributed by atoms with Gasteiger partial charge in [0.2, 0.25) is 0 Å². The molecule has 136 valence electrons. The van der Waals surface area contributed by atoms with Gasteiger partial charge in [-0.25, -0.2) is 0 Å². The van der Waals surface area contributed by atoms with E-state index >= 15 is 0 Å². The summed E-state index contributed by atoms with van der Waals surface area (Å²) in [5.41, 5.74) is 2.58. The smallest absolute Gasteiger partial charge is 0.171 e. The fraction of sp³-hybridized carbons (Fsp3) is 0.800. The quantitative estimate of drug-likeness (QED) is 0.763. The Morgan fingerprint density at radius 2 is 1.92 bits per heavy atom. The van der Waals surface area contributed by atoms with Gasteiger partial charge in [0.1, 0.15) is 5.76 Å². The van der Waals surface area contributed by atoms with Crippen molar-refractivity contribution >= 4 is 0 Å². The fourth-order valence-electron chi connectivity index (χ4n) is 4.78. The molecule has 1 saturated carbocycles. The van der Waals surface area contributed by atoms with Gasteiger partial charge < -0.3 is 14.2 Å². The van der Waals surface area contributed by atoms with Crippen molar-refractivity contribution in [2.45, 2.75) is 64.2 Å².